The summed E-state index contributed by atoms with van der Waals surface area (Å²) in [5.41, 5.74) is -0.769. The molecule has 1 atom stereocenters. The van der Waals surface area contributed by atoms with E-state index in [0.717, 1.165) is 6.07 Å². The van der Waals surface area contributed by atoms with E-state index in [9.17, 15) is 27.5 Å². The number of halogens is 4. The lowest BCUT2D eigenvalue weighted by atomic mass is 9.99. The summed E-state index contributed by atoms with van der Waals surface area (Å²) >= 11 is 0. The van der Waals surface area contributed by atoms with Crippen LogP contribution in [0.4, 0.5) is 23.4 Å². The molecular weight excluding hydrogens is 504 g/mol. The first-order chi connectivity index (χ1) is 18.0. The minimum Gasteiger partial charge on any atom is -0.389 e. The minimum absolute atomic E-state index is 0.0685. The molecule has 5 rings (SSSR count). The van der Waals surface area contributed by atoms with Gasteiger partial charge in [-0.15, -0.1) is 0 Å². The van der Waals surface area contributed by atoms with Crippen molar-refractivity contribution in [3.05, 3.63) is 89.5 Å². The van der Waals surface area contributed by atoms with Crippen molar-refractivity contribution in [2.75, 3.05) is 5.32 Å². The Morgan fingerprint density at radius 3 is 2.45 bits per heavy atom. The highest BCUT2D eigenvalue weighted by atomic mass is 19.4. The summed E-state index contributed by atoms with van der Waals surface area (Å²) in [6, 6.07) is 12.8. The van der Waals surface area contributed by atoms with E-state index in [0.29, 0.717) is 22.8 Å². The normalized spacial score (nSPS) is 12.6. The number of aliphatic hydroxyl groups excluding tert-OH is 1. The van der Waals surface area contributed by atoms with Gasteiger partial charge >= 0.3 is 6.18 Å². The fourth-order valence-corrected chi connectivity index (χ4v) is 4.01. The Morgan fingerprint density at radius 1 is 1.08 bits per heavy atom. The highest BCUT2D eigenvalue weighted by Gasteiger charge is 2.36. The summed E-state index contributed by atoms with van der Waals surface area (Å²) in [5, 5.41) is 21.0. The van der Waals surface area contributed by atoms with Gasteiger partial charge in [-0.3, -0.25) is 14.5 Å². The number of anilines is 1. The molecule has 3 heterocycles. The zero-order chi connectivity index (χ0) is 27.2. The van der Waals surface area contributed by atoms with Gasteiger partial charge in [0.05, 0.1) is 28.6 Å². The van der Waals surface area contributed by atoms with Crippen molar-refractivity contribution in [1.82, 2.24) is 24.5 Å². The lowest BCUT2D eigenvalue weighted by Gasteiger charge is -2.15. The average molecular weight is 524 g/mol. The molecule has 0 aliphatic rings. The number of aryl methyl sites for hydroxylation is 1. The molecule has 0 spiro atoms. The fourth-order valence-electron chi connectivity index (χ4n) is 4.01. The van der Waals surface area contributed by atoms with E-state index in [-0.39, 0.29) is 17.0 Å². The number of nitrogens with one attached hydrogen (secondary N) is 1. The van der Waals surface area contributed by atoms with Crippen LogP contribution in [0, 0.1) is 5.82 Å². The van der Waals surface area contributed by atoms with E-state index < -0.39 is 40.7 Å². The Kier molecular flexibility index (Phi) is 6.19. The standard InChI is InChI=1S/C26H20F4N6O2/c1-14(37)15-10-22-23(31-13-15)24(36(34-22)16-6-4-3-5-7-16)32-25(38)18-11-17(21-8-9-35(2)33-21)19(12-20(18)27)26(28,29)30/h3-14,37H,1-2H3,(H,32,38)/t14-/m1/s1. The lowest BCUT2D eigenvalue weighted by Crippen LogP contribution is -2.18. The predicted molar refractivity (Wildman–Crippen MR) is 131 cm³/mol. The Balaban J connectivity index is 1.63. The number of hydrogen-bond acceptors (Lipinski definition) is 5. The van der Waals surface area contributed by atoms with E-state index >= 15 is 0 Å². The zero-order valence-electron chi connectivity index (χ0n) is 20.0. The first-order valence-electron chi connectivity index (χ1n) is 11.4. The van der Waals surface area contributed by atoms with E-state index in [1.807, 2.05) is 0 Å². The summed E-state index contributed by atoms with van der Waals surface area (Å²) in [7, 11) is 1.53. The molecule has 8 nitrogen and oxygen atoms in total. The molecular formula is C26H20F4N6O2. The molecule has 0 saturated heterocycles. The molecule has 0 fully saturated rings. The van der Waals surface area contributed by atoms with E-state index in [1.54, 1.807) is 43.3 Å². The number of benzene rings is 2. The van der Waals surface area contributed by atoms with Crippen molar-refractivity contribution in [3.8, 4) is 16.9 Å². The summed E-state index contributed by atoms with van der Waals surface area (Å²) in [6.07, 6.45) is -2.84. The van der Waals surface area contributed by atoms with Crippen LogP contribution in [0.5, 0.6) is 0 Å². The van der Waals surface area contributed by atoms with Gasteiger partial charge in [-0.2, -0.15) is 23.4 Å². The van der Waals surface area contributed by atoms with Crippen LogP contribution in [0.3, 0.4) is 0 Å². The lowest BCUT2D eigenvalue weighted by molar-refractivity contribution is -0.137. The average Bonchev–Trinajstić information content (AvgIpc) is 3.47. The van der Waals surface area contributed by atoms with Gasteiger partial charge in [0.15, 0.2) is 5.82 Å². The third-order valence-electron chi connectivity index (χ3n) is 5.89. The maximum Gasteiger partial charge on any atom is 0.417 e. The molecule has 38 heavy (non-hydrogen) atoms. The van der Waals surface area contributed by atoms with Crippen molar-refractivity contribution in [2.24, 2.45) is 7.05 Å². The van der Waals surface area contributed by atoms with Crippen LogP contribution in [0.25, 0.3) is 28.0 Å². The second kappa shape index (κ2) is 9.38. The van der Waals surface area contributed by atoms with E-state index in [4.69, 9.17) is 0 Å². The molecule has 194 valence electrons. The molecule has 12 heteroatoms. The number of carbonyl (C=O) groups is 1. The Morgan fingerprint density at radius 2 is 1.82 bits per heavy atom. The predicted octanol–water partition coefficient (Wildman–Crippen LogP) is 5.28. The van der Waals surface area contributed by atoms with Crippen LogP contribution in [0.2, 0.25) is 0 Å². The van der Waals surface area contributed by atoms with Gasteiger partial charge in [0.2, 0.25) is 0 Å². The second-order valence-corrected chi connectivity index (χ2v) is 8.61. The number of carbonyl (C=O) groups excluding carboxylic acids is 1. The van der Waals surface area contributed by atoms with Gasteiger partial charge in [-0.1, -0.05) is 18.2 Å². The Bertz CT molecular complexity index is 1660. The molecule has 0 aliphatic carbocycles. The number of nitrogens with zero attached hydrogens (tertiary/aromatic N) is 5. The van der Waals surface area contributed by atoms with E-state index in [2.05, 4.69) is 20.5 Å². The maximum absolute atomic E-state index is 15.0. The molecule has 0 bridgehead atoms. The minimum atomic E-state index is -4.88. The van der Waals surface area contributed by atoms with Crippen LogP contribution in [-0.4, -0.2) is 35.6 Å². The number of aromatic nitrogens is 5. The van der Waals surface area contributed by atoms with Crippen molar-refractivity contribution < 1.29 is 27.5 Å². The topological polar surface area (TPSA) is 97.9 Å². The molecule has 0 radical (unpaired) electrons. The quantitative estimate of drug-likeness (QED) is 0.305. The van der Waals surface area contributed by atoms with Gasteiger partial charge in [0.25, 0.3) is 5.91 Å². The maximum atomic E-state index is 15.0. The monoisotopic (exact) mass is 524 g/mol. The van der Waals surface area contributed by atoms with Gasteiger partial charge in [-0.25, -0.2) is 9.07 Å². The SMILES string of the molecule is C[C@@H](O)c1cnc2c(NC(=O)c3cc(-c4ccn(C)n4)c(C(F)(F)F)cc3F)n(-c3ccccc3)nc2c1. The smallest absolute Gasteiger partial charge is 0.389 e. The second-order valence-electron chi connectivity index (χ2n) is 8.61. The molecule has 3 aromatic heterocycles. The molecule has 2 aromatic carbocycles. The Labute approximate surface area is 213 Å². The third kappa shape index (κ3) is 4.61. The zero-order valence-corrected chi connectivity index (χ0v) is 20.0. The third-order valence-corrected chi connectivity index (χ3v) is 5.89. The summed E-state index contributed by atoms with van der Waals surface area (Å²) in [6.45, 7) is 1.56. The molecule has 0 aliphatic heterocycles. The van der Waals surface area contributed by atoms with Crippen molar-refractivity contribution in [1.29, 1.82) is 0 Å². The largest absolute Gasteiger partial charge is 0.417 e. The van der Waals surface area contributed by atoms with Gasteiger partial charge in [-0.05, 0) is 43.3 Å². The summed E-state index contributed by atoms with van der Waals surface area (Å²) < 4.78 is 58.8. The van der Waals surface area contributed by atoms with Gasteiger partial charge in [0.1, 0.15) is 16.9 Å². The molecule has 0 saturated carbocycles. The molecule has 2 N–H and O–H groups in total. The number of alkyl halides is 3. The van der Waals surface area contributed by atoms with Crippen molar-refractivity contribution in [2.45, 2.75) is 19.2 Å². The Hall–Kier alpha value is -4.58. The van der Waals surface area contributed by atoms with Crippen LogP contribution in [0.1, 0.15) is 34.5 Å². The number of hydrogen-bond donors (Lipinski definition) is 2. The van der Waals surface area contributed by atoms with Crippen molar-refractivity contribution >= 4 is 22.8 Å². The number of para-hydroxylation sites is 1. The first-order valence-corrected chi connectivity index (χ1v) is 11.4. The van der Waals surface area contributed by atoms with E-state index in [1.165, 1.54) is 34.9 Å². The van der Waals surface area contributed by atoms with Crippen LogP contribution >= 0.6 is 0 Å². The van der Waals surface area contributed by atoms with Crippen molar-refractivity contribution in [3.63, 3.8) is 0 Å². The van der Waals surface area contributed by atoms with Crippen LogP contribution in [0.15, 0.2) is 67.0 Å². The number of aliphatic hydroxyl groups is 1. The number of rotatable bonds is 5. The number of amides is 1. The highest BCUT2D eigenvalue weighted by Crippen LogP contribution is 2.38. The molecule has 0 unspecified atom stereocenters. The number of fused-ring (bicyclic) bond motifs is 1. The summed E-state index contributed by atoms with van der Waals surface area (Å²) in [4.78, 5) is 17.6. The van der Waals surface area contributed by atoms with Crippen LogP contribution < -0.4 is 5.32 Å². The highest BCUT2D eigenvalue weighted by molar-refractivity contribution is 6.08. The summed E-state index contributed by atoms with van der Waals surface area (Å²) in [5.74, 6) is -2.28. The number of pyridine rings is 1. The van der Waals surface area contributed by atoms with Gasteiger partial charge in [0, 0.05) is 30.6 Å². The van der Waals surface area contributed by atoms with Gasteiger partial charge < -0.3 is 10.4 Å². The molecule has 1 amide bonds. The first kappa shape index (κ1) is 25.1. The molecule has 5 aromatic rings. The van der Waals surface area contributed by atoms with Crippen LogP contribution in [-0.2, 0) is 13.2 Å². The fraction of sp³-hybridized carbons (Fsp3) is 0.154.